The van der Waals surface area contributed by atoms with Crippen molar-refractivity contribution < 1.29 is 14.9 Å². The summed E-state index contributed by atoms with van der Waals surface area (Å²) in [5, 5.41) is 19.3. The van der Waals surface area contributed by atoms with Crippen LogP contribution in [-0.2, 0) is 0 Å². The van der Waals surface area contributed by atoms with Gasteiger partial charge in [-0.25, -0.2) is 0 Å². The van der Waals surface area contributed by atoms with E-state index in [2.05, 4.69) is 0 Å². The van der Waals surface area contributed by atoms with Crippen LogP contribution in [-0.4, -0.2) is 10.2 Å². The van der Waals surface area contributed by atoms with Crippen LogP contribution in [0, 0.1) is 0 Å². The summed E-state index contributed by atoms with van der Waals surface area (Å²) in [6.45, 7) is 0. The van der Waals surface area contributed by atoms with E-state index in [1.54, 1.807) is 24.3 Å². The zero-order valence-electron chi connectivity index (χ0n) is 8.52. The Balaban J connectivity index is 2.34. The standard InChI is InChI=1S/C12H8Cl2O3/c13-7-2-1-3-8(6-7)17-10-5-4-9(15)11(14)12(10)16/h1-6,15-16H. The highest BCUT2D eigenvalue weighted by molar-refractivity contribution is 6.33. The normalized spacial score (nSPS) is 10.2. The highest BCUT2D eigenvalue weighted by atomic mass is 35.5. The fourth-order valence-corrected chi connectivity index (χ4v) is 1.61. The van der Waals surface area contributed by atoms with E-state index in [1.807, 2.05) is 0 Å². The molecule has 0 fully saturated rings. The molecule has 0 atom stereocenters. The average Bonchev–Trinajstić information content (AvgIpc) is 2.30. The quantitative estimate of drug-likeness (QED) is 0.860. The third kappa shape index (κ3) is 2.57. The van der Waals surface area contributed by atoms with Crippen molar-refractivity contribution in [3.05, 3.63) is 46.4 Å². The second-order valence-electron chi connectivity index (χ2n) is 3.30. The number of phenolic OH excluding ortho intramolecular Hbond substituents is 2. The fraction of sp³-hybridized carbons (Fsp3) is 0. The van der Waals surface area contributed by atoms with E-state index in [4.69, 9.17) is 27.9 Å². The maximum Gasteiger partial charge on any atom is 0.181 e. The Morgan fingerprint density at radius 1 is 1.00 bits per heavy atom. The first-order valence-corrected chi connectivity index (χ1v) is 5.47. The Morgan fingerprint density at radius 2 is 1.76 bits per heavy atom. The molecule has 2 aromatic carbocycles. The second kappa shape index (κ2) is 4.73. The summed E-state index contributed by atoms with van der Waals surface area (Å²) in [5.74, 6) is 0.0962. The van der Waals surface area contributed by atoms with Crippen LogP contribution >= 0.6 is 23.2 Å². The van der Waals surface area contributed by atoms with Crippen molar-refractivity contribution in [1.29, 1.82) is 0 Å². The second-order valence-corrected chi connectivity index (χ2v) is 4.12. The third-order valence-corrected chi connectivity index (χ3v) is 2.69. The Labute approximate surface area is 108 Å². The minimum absolute atomic E-state index is 0.148. The van der Waals surface area contributed by atoms with Gasteiger partial charge in [0.05, 0.1) is 0 Å². The predicted molar refractivity (Wildman–Crippen MR) is 66.3 cm³/mol. The van der Waals surface area contributed by atoms with Crippen molar-refractivity contribution in [2.24, 2.45) is 0 Å². The summed E-state index contributed by atoms with van der Waals surface area (Å²) in [5.41, 5.74) is 0. The number of hydrogen-bond acceptors (Lipinski definition) is 3. The molecule has 0 radical (unpaired) electrons. The summed E-state index contributed by atoms with van der Waals surface area (Å²) < 4.78 is 5.40. The van der Waals surface area contributed by atoms with Gasteiger partial charge in [-0.15, -0.1) is 0 Å². The number of ether oxygens (including phenoxy) is 1. The van der Waals surface area contributed by atoms with E-state index >= 15 is 0 Å². The molecular weight excluding hydrogens is 263 g/mol. The van der Waals surface area contributed by atoms with Crippen LogP contribution in [0.3, 0.4) is 0 Å². The van der Waals surface area contributed by atoms with E-state index in [0.29, 0.717) is 10.8 Å². The lowest BCUT2D eigenvalue weighted by Gasteiger charge is -2.09. The fourth-order valence-electron chi connectivity index (χ4n) is 1.28. The van der Waals surface area contributed by atoms with Crippen LogP contribution in [0.15, 0.2) is 36.4 Å². The van der Waals surface area contributed by atoms with E-state index in [0.717, 1.165) is 0 Å². The lowest BCUT2D eigenvalue weighted by atomic mass is 10.3. The molecule has 0 spiro atoms. The van der Waals surface area contributed by atoms with Crippen LogP contribution < -0.4 is 4.74 Å². The first-order valence-electron chi connectivity index (χ1n) is 4.72. The molecule has 2 aromatic rings. The van der Waals surface area contributed by atoms with Gasteiger partial charge in [-0.3, -0.25) is 0 Å². The molecular formula is C12H8Cl2O3. The lowest BCUT2D eigenvalue weighted by molar-refractivity contribution is 0.404. The summed E-state index contributed by atoms with van der Waals surface area (Å²) in [4.78, 5) is 0. The third-order valence-electron chi connectivity index (χ3n) is 2.08. The maximum atomic E-state index is 9.66. The molecule has 2 N–H and O–H groups in total. The van der Waals surface area contributed by atoms with Crippen molar-refractivity contribution in [3.63, 3.8) is 0 Å². The van der Waals surface area contributed by atoms with Crippen molar-refractivity contribution in [1.82, 2.24) is 0 Å². The van der Waals surface area contributed by atoms with Gasteiger partial charge >= 0.3 is 0 Å². The molecule has 0 saturated carbocycles. The molecule has 0 aliphatic rings. The number of rotatable bonds is 2. The first-order chi connectivity index (χ1) is 8.08. The van der Waals surface area contributed by atoms with Gasteiger partial charge in [0.25, 0.3) is 0 Å². The van der Waals surface area contributed by atoms with Crippen LogP contribution in [0.5, 0.6) is 23.0 Å². The molecule has 88 valence electrons. The molecule has 0 aromatic heterocycles. The molecule has 0 saturated heterocycles. The predicted octanol–water partition coefficient (Wildman–Crippen LogP) is 4.20. The molecule has 2 rings (SSSR count). The molecule has 0 aliphatic heterocycles. The van der Waals surface area contributed by atoms with Gasteiger partial charge in [0, 0.05) is 5.02 Å². The van der Waals surface area contributed by atoms with Crippen molar-refractivity contribution in [2.75, 3.05) is 0 Å². The Bertz CT molecular complexity index is 555. The minimum atomic E-state index is -0.313. The Morgan fingerprint density at radius 3 is 2.47 bits per heavy atom. The van der Waals surface area contributed by atoms with Gasteiger partial charge in [0.15, 0.2) is 11.5 Å². The van der Waals surface area contributed by atoms with E-state index in [9.17, 15) is 10.2 Å². The largest absolute Gasteiger partial charge is 0.506 e. The molecule has 0 heterocycles. The smallest absolute Gasteiger partial charge is 0.181 e. The van der Waals surface area contributed by atoms with Crippen molar-refractivity contribution >= 4 is 23.2 Å². The monoisotopic (exact) mass is 270 g/mol. The summed E-state index contributed by atoms with van der Waals surface area (Å²) in [6.07, 6.45) is 0. The van der Waals surface area contributed by atoms with Gasteiger partial charge in [0.2, 0.25) is 0 Å². The molecule has 0 unspecified atom stereocenters. The van der Waals surface area contributed by atoms with Crippen molar-refractivity contribution in [3.8, 4) is 23.0 Å². The summed E-state index contributed by atoms with van der Waals surface area (Å²) in [7, 11) is 0. The SMILES string of the molecule is Oc1ccc(Oc2cccc(Cl)c2)c(O)c1Cl. The number of aromatic hydroxyl groups is 2. The van der Waals surface area contributed by atoms with Crippen LogP contribution in [0.25, 0.3) is 0 Å². The van der Waals surface area contributed by atoms with Gasteiger partial charge in [-0.1, -0.05) is 29.3 Å². The number of halogens is 2. The Kier molecular flexibility index (Phi) is 3.31. The van der Waals surface area contributed by atoms with Crippen LogP contribution in [0.1, 0.15) is 0 Å². The molecule has 5 heteroatoms. The van der Waals surface area contributed by atoms with E-state index < -0.39 is 0 Å². The molecule has 17 heavy (non-hydrogen) atoms. The molecule has 3 nitrogen and oxygen atoms in total. The summed E-state index contributed by atoms with van der Waals surface area (Å²) in [6, 6.07) is 9.46. The van der Waals surface area contributed by atoms with Crippen LogP contribution in [0.2, 0.25) is 10.0 Å². The molecule has 0 amide bonds. The molecule has 0 aliphatic carbocycles. The number of benzene rings is 2. The van der Waals surface area contributed by atoms with Crippen molar-refractivity contribution in [2.45, 2.75) is 0 Å². The van der Waals surface area contributed by atoms with E-state index in [1.165, 1.54) is 12.1 Å². The first kappa shape index (κ1) is 11.9. The molecule has 0 bridgehead atoms. The lowest BCUT2D eigenvalue weighted by Crippen LogP contribution is -1.85. The summed E-state index contributed by atoms with van der Waals surface area (Å²) >= 11 is 11.5. The van der Waals surface area contributed by atoms with Gasteiger partial charge in [-0.05, 0) is 30.3 Å². The van der Waals surface area contributed by atoms with Gasteiger partial charge in [0.1, 0.15) is 16.5 Å². The average molecular weight is 271 g/mol. The highest BCUT2D eigenvalue weighted by Crippen LogP contribution is 2.41. The number of hydrogen-bond donors (Lipinski definition) is 2. The zero-order chi connectivity index (χ0) is 12.4. The highest BCUT2D eigenvalue weighted by Gasteiger charge is 2.11. The van der Waals surface area contributed by atoms with Gasteiger partial charge < -0.3 is 14.9 Å². The Hall–Kier alpha value is -1.58. The number of phenols is 2. The zero-order valence-corrected chi connectivity index (χ0v) is 10.0. The van der Waals surface area contributed by atoms with E-state index in [-0.39, 0.29) is 22.3 Å². The van der Waals surface area contributed by atoms with Gasteiger partial charge in [-0.2, -0.15) is 0 Å². The van der Waals surface area contributed by atoms with Crippen LogP contribution in [0.4, 0.5) is 0 Å². The topological polar surface area (TPSA) is 49.7 Å². The minimum Gasteiger partial charge on any atom is -0.506 e. The maximum absolute atomic E-state index is 9.66.